The van der Waals surface area contributed by atoms with Gasteiger partial charge in [-0.15, -0.1) is 0 Å². The molecule has 0 aliphatic carbocycles. The van der Waals surface area contributed by atoms with E-state index in [1.165, 1.54) is 0 Å². The number of hydrogen-bond acceptors (Lipinski definition) is 4. The maximum atomic E-state index is 12.5. The highest BCUT2D eigenvalue weighted by Gasteiger charge is 2.33. The third kappa shape index (κ3) is 3.63. The minimum atomic E-state index is -0.811. The fraction of sp³-hybridized carbons (Fsp3) is 0.556. The number of rotatable bonds is 6. The first-order valence-corrected chi connectivity index (χ1v) is 8.56. The van der Waals surface area contributed by atoms with Gasteiger partial charge in [0.2, 0.25) is 5.91 Å². The van der Waals surface area contributed by atoms with Crippen LogP contribution < -0.4 is 9.47 Å². The molecule has 0 saturated carbocycles. The number of aliphatic carboxylic acids is 1. The Balaban J connectivity index is 1.67. The number of carbonyl (C=O) groups excluding carboxylic acids is 1. The van der Waals surface area contributed by atoms with Crippen LogP contribution in [0, 0.1) is 0 Å². The molecule has 1 aromatic carbocycles. The molecule has 24 heavy (non-hydrogen) atoms. The number of carbonyl (C=O) groups is 2. The molecule has 1 fully saturated rings. The molecule has 130 valence electrons. The molecule has 1 amide bonds. The number of nitrogens with zero attached hydrogens (tertiary/aromatic N) is 1. The minimum Gasteiger partial charge on any atom is -0.486 e. The topological polar surface area (TPSA) is 76.1 Å². The van der Waals surface area contributed by atoms with Crippen LogP contribution in [-0.2, 0) is 9.59 Å². The van der Waals surface area contributed by atoms with Crippen LogP contribution in [0.15, 0.2) is 18.2 Å². The summed E-state index contributed by atoms with van der Waals surface area (Å²) in [6.07, 6.45) is 3.55. The van der Waals surface area contributed by atoms with Crippen molar-refractivity contribution in [2.75, 3.05) is 19.8 Å². The quantitative estimate of drug-likeness (QED) is 0.810. The average Bonchev–Trinajstić information content (AvgIpc) is 3.07. The SMILES string of the molecule is O=C(O)CCCCC(=O)N1CCCC1c1cccc2c1OCCO2. The fourth-order valence-electron chi connectivity index (χ4n) is 3.44. The maximum Gasteiger partial charge on any atom is 0.303 e. The van der Waals surface area contributed by atoms with Crippen molar-refractivity contribution in [3.8, 4) is 11.5 Å². The van der Waals surface area contributed by atoms with Crippen LogP contribution in [0.1, 0.15) is 50.1 Å². The number of carboxylic acid groups (broad SMARTS) is 1. The summed E-state index contributed by atoms with van der Waals surface area (Å²) in [5, 5.41) is 8.67. The third-order valence-electron chi connectivity index (χ3n) is 4.56. The van der Waals surface area contributed by atoms with Gasteiger partial charge in [0.1, 0.15) is 13.2 Å². The van der Waals surface area contributed by atoms with Crippen LogP contribution in [0.5, 0.6) is 11.5 Å². The van der Waals surface area contributed by atoms with Crippen LogP contribution >= 0.6 is 0 Å². The normalized spacial score (nSPS) is 19.3. The van der Waals surface area contributed by atoms with Crippen molar-refractivity contribution in [2.24, 2.45) is 0 Å². The molecule has 0 aromatic heterocycles. The van der Waals surface area contributed by atoms with Gasteiger partial charge in [-0.25, -0.2) is 0 Å². The first-order valence-electron chi connectivity index (χ1n) is 8.56. The summed E-state index contributed by atoms with van der Waals surface area (Å²) in [6, 6.07) is 5.87. The Labute approximate surface area is 141 Å². The zero-order valence-electron chi connectivity index (χ0n) is 13.7. The van der Waals surface area contributed by atoms with E-state index in [2.05, 4.69) is 0 Å². The van der Waals surface area contributed by atoms with E-state index in [1.54, 1.807) is 0 Å². The van der Waals surface area contributed by atoms with E-state index in [1.807, 2.05) is 23.1 Å². The Morgan fingerprint density at radius 2 is 1.96 bits per heavy atom. The number of hydrogen-bond donors (Lipinski definition) is 1. The van der Waals surface area contributed by atoms with Crippen molar-refractivity contribution in [1.29, 1.82) is 0 Å². The Bertz CT molecular complexity index is 615. The van der Waals surface area contributed by atoms with Crippen LogP contribution in [0.2, 0.25) is 0 Å². The van der Waals surface area contributed by atoms with E-state index in [0.29, 0.717) is 32.5 Å². The Hall–Kier alpha value is -2.24. The van der Waals surface area contributed by atoms with Crippen LogP contribution in [0.3, 0.4) is 0 Å². The molecule has 2 aliphatic rings. The lowest BCUT2D eigenvalue weighted by Crippen LogP contribution is -2.31. The summed E-state index contributed by atoms with van der Waals surface area (Å²) in [5.74, 6) is 0.797. The van der Waals surface area contributed by atoms with Gasteiger partial charge in [-0.3, -0.25) is 9.59 Å². The molecule has 2 heterocycles. The molecule has 2 aliphatic heterocycles. The first kappa shape index (κ1) is 16.6. The minimum absolute atomic E-state index is 0.0219. The number of amides is 1. The van der Waals surface area contributed by atoms with Crippen LogP contribution in [0.25, 0.3) is 0 Å². The predicted octanol–water partition coefficient (Wildman–Crippen LogP) is 2.77. The molecule has 1 saturated heterocycles. The lowest BCUT2D eigenvalue weighted by atomic mass is 10.0. The molecular weight excluding hydrogens is 310 g/mol. The van der Waals surface area contributed by atoms with Gasteiger partial charge in [0, 0.05) is 24.9 Å². The highest BCUT2D eigenvalue weighted by Crippen LogP contribution is 2.42. The van der Waals surface area contributed by atoms with Gasteiger partial charge in [0.05, 0.1) is 6.04 Å². The van der Waals surface area contributed by atoms with E-state index in [-0.39, 0.29) is 18.4 Å². The second kappa shape index (κ2) is 7.55. The molecule has 0 spiro atoms. The largest absolute Gasteiger partial charge is 0.486 e. The smallest absolute Gasteiger partial charge is 0.303 e. The maximum absolute atomic E-state index is 12.5. The van der Waals surface area contributed by atoms with E-state index < -0.39 is 5.97 Å². The molecule has 1 aromatic rings. The van der Waals surface area contributed by atoms with Gasteiger partial charge in [0.25, 0.3) is 0 Å². The Morgan fingerprint density at radius 1 is 1.17 bits per heavy atom. The van der Waals surface area contributed by atoms with Gasteiger partial charge < -0.3 is 19.5 Å². The zero-order valence-corrected chi connectivity index (χ0v) is 13.7. The second-order valence-corrected chi connectivity index (χ2v) is 6.22. The van der Waals surface area contributed by atoms with E-state index in [4.69, 9.17) is 14.6 Å². The fourth-order valence-corrected chi connectivity index (χ4v) is 3.44. The van der Waals surface area contributed by atoms with Crippen molar-refractivity contribution >= 4 is 11.9 Å². The van der Waals surface area contributed by atoms with Crippen molar-refractivity contribution in [1.82, 2.24) is 4.90 Å². The lowest BCUT2D eigenvalue weighted by molar-refractivity contribution is -0.137. The van der Waals surface area contributed by atoms with E-state index in [9.17, 15) is 9.59 Å². The molecule has 6 nitrogen and oxygen atoms in total. The number of ether oxygens (including phenoxy) is 2. The lowest BCUT2D eigenvalue weighted by Gasteiger charge is -2.29. The van der Waals surface area contributed by atoms with Gasteiger partial charge >= 0.3 is 5.97 Å². The summed E-state index contributed by atoms with van der Waals surface area (Å²) in [6.45, 7) is 1.82. The van der Waals surface area contributed by atoms with E-state index in [0.717, 1.165) is 36.4 Å². The molecular formula is C18H23NO5. The number of fused-ring (bicyclic) bond motifs is 1. The molecule has 0 bridgehead atoms. The average molecular weight is 333 g/mol. The predicted molar refractivity (Wildman–Crippen MR) is 87.2 cm³/mol. The summed E-state index contributed by atoms with van der Waals surface area (Å²) in [7, 11) is 0. The van der Waals surface area contributed by atoms with Crippen molar-refractivity contribution < 1.29 is 24.2 Å². The van der Waals surface area contributed by atoms with Crippen molar-refractivity contribution in [2.45, 2.75) is 44.6 Å². The van der Waals surface area contributed by atoms with Gasteiger partial charge in [-0.05, 0) is 31.7 Å². The zero-order chi connectivity index (χ0) is 16.9. The highest BCUT2D eigenvalue weighted by atomic mass is 16.6. The monoisotopic (exact) mass is 333 g/mol. The summed E-state index contributed by atoms with van der Waals surface area (Å²) in [5.41, 5.74) is 1.02. The Kier molecular flexibility index (Phi) is 5.23. The number of unbranched alkanes of at least 4 members (excludes halogenated alkanes) is 1. The van der Waals surface area contributed by atoms with Crippen LogP contribution in [0.4, 0.5) is 0 Å². The number of para-hydroxylation sites is 1. The molecule has 1 unspecified atom stereocenters. The first-order chi connectivity index (χ1) is 11.7. The van der Waals surface area contributed by atoms with Crippen molar-refractivity contribution in [3.63, 3.8) is 0 Å². The Morgan fingerprint density at radius 3 is 2.79 bits per heavy atom. The number of benzene rings is 1. The van der Waals surface area contributed by atoms with E-state index >= 15 is 0 Å². The summed E-state index contributed by atoms with van der Waals surface area (Å²) >= 11 is 0. The molecule has 1 atom stereocenters. The van der Waals surface area contributed by atoms with Crippen molar-refractivity contribution in [3.05, 3.63) is 23.8 Å². The highest BCUT2D eigenvalue weighted by molar-refractivity contribution is 5.77. The standard InChI is InChI=1S/C18H23NO5/c20-16(8-1-2-9-17(21)22)19-10-4-6-14(19)13-5-3-7-15-18(13)24-12-11-23-15/h3,5,7,14H,1-2,4,6,8-12H2,(H,21,22). The molecule has 3 rings (SSSR count). The number of carboxylic acids is 1. The summed E-state index contributed by atoms with van der Waals surface area (Å²) in [4.78, 5) is 25.0. The number of likely N-dealkylation sites (tertiary alicyclic amines) is 1. The third-order valence-corrected chi connectivity index (χ3v) is 4.56. The van der Waals surface area contributed by atoms with Gasteiger partial charge in [-0.2, -0.15) is 0 Å². The molecule has 1 N–H and O–H groups in total. The van der Waals surface area contributed by atoms with Crippen LogP contribution in [-0.4, -0.2) is 41.6 Å². The van der Waals surface area contributed by atoms with Gasteiger partial charge in [0.15, 0.2) is 11.5 Å². The van der Waals surface area contributed by atoms with Gasteiger partial charge in [-0.1, -0.05) is 12.1 Å². The molecule has 6 heteroatoms. The second-order valence-electron chi connectivity index (χ2n) is 6.22. The molecule has 0 radical (unpaired) electrons. The summed E-state index contributed by atoms with van der Waals surface area (Å²) < 4.78 is 11.4.